The Labute approximate surface area is 214 Å². The molecule has 0 heterocycles. The van der Waals surface area contributed by atoms with Crippen molar-refractivity contribution in [1.82, 2.24) is 10.2 Å². The first-order valence-corrected chi connectivity index (χ1v) is 12.7. The maximum atomic E-state index is 13.7. The summed E-state index contributed by atoms with van der Waals surface area (Å²) < 4.78 is 0. The van der Waals surface area contributed by atoms with Gasteiger partial charge in [-0.3, -0.25) is 9.59 Å². The molecule has 35 heavy (non-hydrogen) atoms. The van der Waals surface area contributed by atoms with Gasteiger partial charge in [-0.25, -0.2) is 0 Å². The molecule has 3 aromatic rings. The normalized spacial score (nSPS) is 11.8. The summed E-state index contributed by atoms with van der Waals surface area (Å²) >= 11 is 6.08. The van der Waals surface area contributed by atoms with Gasteiger partial charge in [0.2, 0.25) is 11.8 Å². The first kappa shape index (κ1) is 26.5. The summed E-state index contributed by atoms with van der Waals surface area (Å²) in [5, 5.41) is 3.67. The minimum atomic E-state index is -0.620. The lowest BCUT2D eigenvalue weighted by Gasteiger charge is -2.32. The van der Waals surface area contributed by atoms with Gasteiger partial charge in [-0.1, -0.05) is 85.3 Å². The van der Waals surface area contributed by atoms with E-state index in [0.717, 1.165) is 23.1 Å². The third-order valence-corrected chi connectivity index (χ3v) is 6.28. The van der Waals surface area contributed by atoms with Crippen molar-refractivity contribution >= 4 is 23.4 Å². The zero-order chi connectivity index (χ0) is 25.2. The van der Waals surface area contributed by atoms with Crippen molar-refractivity contribution in [2.24, 2.45) is 0 Å². The molecule has 0 aliphatic rings. The van der Waals surface area contributed by atoms with Crippen LogP contribution in [-0.4, -0.2) is 28.8 Å². The number of carbonyl (C=O) groups excluding carboxylic acids is 2. The van der Waals surface area contributed by atoms with Crippen molar-refractivity contribution < 1.29 is 9.59 Å². The molecule has 4 nitrogen and oxygen atoms in total. The van der Waals surface area contributed by atoms with Crippen LogP contribution in [0.25, 0.3) is 0 Å². The largest absolute Gasteiger partial charge is 0.352 e. The molecule has 0 radical (unpaired) electrons. The molecule has 3 aromatic carbocycles. The number of benzene rings is 3. The molecular formula is C30H35ClN2O2. The van der Waals surface area contributed by atoms with Gasteiger partial charge in [-0.15, -0.1) is 0 Å². The summed E-state index contributed by atoms with van der Waals surface area (Å²) in [5.41, 5.74) is 4.34. The fraction of sp³-hybridized carbons (Fsp3) is 0.333. The van der Waals surface area contributed by atoms with Crippen LogP contribution in [0.15, 0.2) is 78.9 Å². The zero-order valence-electron chi connectivity index (χ0n) is 20.8. The number of hydrogen-bond acceptors (Lipinski definition) is 2. The van der Waals surface area contributed by atoms with Crippen molar-refractivity contribution in [2.45, 2.75) is 65.1 Å². The van der Waals surface area contributed by atoms with Crippen LogP contribution in [0, 0.1) is 0 Å². The van der Waals surface area contributed by atoms with Crippen molar-refractivity contribution in [2.75, 3.05) is 0 Å². The Morgan fingerprint density at radius 2 is 1.43 bits per heavy atom. The fourth-order valence-electron chi connectivity index (χ4n) is 4.06. The van der Waals surface area contributed by atoms with Gasteiger partial charge in [0.25, 0.3) is 0 Å². The number of nitrogens with one attached hydrogen (secondary N) is 1. The first-order chi connectivity index (χ1) is 16.9. The molecule has 2 amide bonds. The number of aryl methyl sites for hydroxylation is 2. The second kappa shape index (κ2) is 13.1. The molecular weight excluding hydrogens is 456 g/mol. The lowest BCUT2D eigenvalue weighted by molar-refractivity contribution is -0.141. The second-order valence-corrected chi connectivity index (χ2v) is 9.62. The van der Waals surface area contributed by atoms with Gasteiger partial charge in [0, 0.05) is 30.5 Å². The van der Waals surface area contributed by atoms with Gasteiger partial charge >= 0.3 is 0 Å². The van der Waals surface area contributed by atoms with E-state index in [1.165, 1.54) is 5.56 Å². The van der Waals surface area contributed by atoms with E-state index in [-0.39, 0.29) is 17.9 Å². The molecule has 0 saturated carbocycles. The van der Waals surface area contributed by atoms with Gasteiger partial charge < -0.3 is 10.2 Å². The first-order valence-electron chi connectivity index (χ1n) is 12.3. The summed E-state index contributed by atoms with van der Waals surface area (Å²) in [7, 11) is 0. The Kier molecular flexibility index (Phi) is 9.92. The number of amides is 2. The van der Waals surface area contributed by atoms with E-state index >= 15 is 0 Å². The van der Waals surface area contributed by atoms with Gasteiger partial charge in [0.1, 0.15) is 6.04 Å². The lowest BCUT2D eigenvalue weighted by atomic mass is 10.0. The van der Waals surface area contributed by atoms with E-state index < -0.39 is 6.04 Å². The quantitative estimate of drug-likeness (QED) is 0.358. The fourth-order valence-corrected chi connectivity index (χ4v) is 4.18. The molecule has 0 fully saturated rings. The average molecular weight is 491 g/mol. The van der Waals surface area contributed by atoms with Crippen molar-refractivity contribution in [1.29, 1.82) is 0 Å². The highest BCUT2D eigenvalue weighted by Crippen LogP contribution is 2.19. The van der Waals surface area contributed by atoms with E-state index in [1.54, 1.807) is 4.90 Å². The van der Waals surface area contributed by atoms with Crippen LogP contribution >= 0.6 is 11.6 Å². The highest BCUT2D eigenvalue weighted by atomic mass is 35.5. The molecule has 5 heteroatoms. The van der Waals surface area contributed by atoms with Crippen LogP contribution in [-0.2, 0) is 35.4 Å². The third-order valence-electron chi connectivity index (χ3n) is 6.03. The average Bonchev–Trinajstić information content (AvgIpc) is 2.86. The minimum absolute atomic E-state index is 0.0228. The van der Waals surface area contributed by atoms with Crippen molar-refractivity contribution in [3.8, 4) is 0 Å². The van der Waals surface area contributed by atoms with Crippen LogP contribution in [0.3, 0.4) is 0 Å². The Balaban J connectivity index is 1.87. The summed E-state index contributed by atoms with van der Waals surface area (Å²) in [6, 6.07) is 25.1. The molecule has 184 valence electrons. The molecule has 0 saturated heterocycles. The van der Waals surface area contributed by atoms with Gasteiger partial charge in [0.05, 0.1) is 0 Å². The maximum absolute atomic E-state index is 13.7. The predicted molar refractivity (Wildman–Crippen MR) is 143 cm³/mol. The number of nitrogens with zero attached hydrogens (tertiary/aromatic N) is 1. The van der Waals surface area contributed by atoms with Crippen LogP contribution in [0.4, 0.5) is 0 Å². The summed E-state index contributed by atoms with van der Waals surface area (Å²) in [5.74, 6) is -0.183. The Morgan fingerprint density at radius 1 is 0.829 bits per heavy atom. The van der Waals surface area contributed by atoms with Gasteiger partial charge in [0.15, 0.2) is 0 Å². The number of rotatable bonds is 11. The molecule has 1 atom stereocenters. The van der Waals surface area contributed by atoms with E-state index in [0.29, 0.717) is 30.8 Å². The van der Waals surface area contributed by atoms with E-state index in [4.69, 9.17) is 11.6 Å². The van der Waals surface area contributed by atoms with Gasteiger partial charge in [-0.05, 0) is 61.1 Å². The highest BCUT2D eigenvalue weighted by molar-refractivity contribution is 6.30. The third kappa shape index (κ3) is 8.25. The highest BCUT2D eigenvalue weighted by Gasteiger charge is 2.30. The monoisotopic (exact) mass is 490 g/mol. The van der Waals surface area contributed by atoms with Crippen LogP contribution in [0.5, 0.6) is 0 Å². The molecule has 1 N–H and O–H groups in total. The topological polar surface area (TPSA) is 49.4 Å². The Bertz CT molecular complexity index is 1080. The predicted octanol–water partition coefficient (Wildman–Crippen LogP) is 6.00. The number of halogens is 1. The molecule has 0 aliphatic carbocycles. The molecule has 0 spiro atoms. The SMILES string of the molecule is CCc1ccc(CCC(=O)N(Cc2ccc(Cl)cc2)[C@@H](Cc2ccccc2)C(=O)NC(C)C)cc1. The molecule has 0 aliphatic heterocycles. The summed E-state index contributed by atoms with van der Waals surface area (Å²) in [6.07, 6.45) is 2.40. The van der Waals surface area contributed by atoms with E-state index in [2.05, 4.69) is 36.5 Å². The van der Waals surface area contributed by atoms with Crippen molar-refractivity contribution in [3.05, 3.63) is 106 Å². The number of hydrogen-bond donors (Lipinski definition) is 1. The minimum Gasteiger partial charge on any atom is -0.352 e. The Morgan fingerprint density at radius 3 is 2.03 bits per heavy atom. The molecule has 0 unspecified atom stereocenters. The number of carbonyl (C=O) groups is 2. The van der Waals surface area contributed by atoms with Gasteiger partial charge in [-0.2, -0.15) is 0 Å². The second-order valence-electron chi connectivity index (χ2n) is 9.19. The van der Waals surface area contributed by atoms with E-state index in [9.17, 15) is 9.59 Å². The van der Waals surface area contributed by atoms with Crippen LogP contribution < -0.4 is 5.32 Å². The maximum Gasteiger partial charge on any atom is 0.243 e. The van der Waals surface area contributed by atoms with E-state index in [1.807, 2.05) is 68.4 Å². The smallest absolute Gasteiger partial charge is 0.243 e. The summed E-state index contributed by atoms with van der Waals surface area (Å²) in [6.45, 7) is 6.33. The molecule has 0 aromatic heterocycles. The zero-order valence-corrected chi connectivity index (χ0v) is 21.6. The molecule has 0 bridgehead atoms. The van der Waals surface area contributed by atoms with Crippen molar-refractivity contribution in [3.63, 3.8) is 0 Å². The summed E-state index contributed by atoms with van der Waals surface area (Å²) in [4.78, 5) is 28.8. The van der Waals surface area contributed by atoms with Crippen LogP contribution in [0.2, 0.25) is 5.02 Å². The molecule has 3 rings (SSSR count). The van der Waals surface area contributed by atoms with Crippen LogP contribution in [0.1, 0.15) is 49.4 Å². The standard InChI is InChI=1S/C30H35ClN2O2/c1-4-23-10-12-24(13-11-23)16-19-29(34)33(21-26-14-17-27(31)18-15-26)28(30(35)32-22(2)3)20-25-8-6-5-7-9-25/h5-15,17-18,22,28H,4,16,19-21H2,1-3H3,(H,32,35)/t28-/m0/s1. The lowest BCUT2D eigenvalue weighted by Crippen LogP contribution is -2.51. The Hall–Kier alpha value is -3.11.